The molecule has 3 nitrogen and oxygen atoms in total. The summed E-state index contributed by atoms with van der Waals surface area (Å²) in [6.07, 6.45) is 0.891. The van der Waals surface area contributed by atoms with E-state index in [1.165, 1.54) is 11.1 Å². The van der Waals surface area contributed by atoms with Crippen LogP contribution in [0.25, 0.3) is 0 Å². The molecule has 0 aliphatic carbocycles. The van der Waals surface area contributed by atoms with Crippen LogP contribution in [0.4, 0.5) is 0 Å². The molecule has 3 heteroatoms. The van der Waals surface area contributed by atoms with Gasteiger partial charge in [-0.3, -0.25) is 0 Å². The molecular formula is C20H27NO2. The van der Waals surface area contributed by atoms with E-state index in [0.717, 1.165) is 24.5 Å². The summed E-state index contributed by atoms with van der Waals surface area (Å²) in [5.74, 6) is 2.59. The van der Waals surface area contributed by atoms with Crippen LogP contribution in [0.5, 0.6) is 11.5 Å². The zero-order valence-electron chi connectivity index (χ0n) is 14.3. The largest absolute Gasteiger partial charge is 0.497 e. The fourth-order valence-electron chi connectivity index (χ4n) is 2.54. The predicted molar refractivity (Wildman–Crippen MR) is 95.3 cm³/mol. The van der Waals surface area contributed by atoms with Crippen molar-refractivity contribution in [3.05, 3.63) is 59.7 Å². The molecule has 0 bridgehead atoms. The van der Waals surface area contributed by atoms with Crippen molar-refractivity contribution in [2.75, 3.05) is 20.3 Å². The van der Waals surface area contributed by atoms with E-state index >= 15 is 0 Å². The molecule has 0 aliphatic heterocycles. The Morgan fingerprint density at radius 2 is 1.74 bits per heavy atom. The van der Waals surface area contributed by atoms with Crippen LogP contribution in [0, 0.1) is 5.92 Å². The molecule has 0 aromatic heterocycles. The smallest absolute Gasteiger partial charge is 0.119 e. The molecule has 1 atom stereocenters. The Labute approximate surface area is 139 Å². The summed E-state index contributed by atoms with van der Waals surface area (Å²) in [7, 11) is 1.69. The van der Waals surface area contributed by atoms with E-state index in [4.69, 9.17) is 15.2 Å². The van der Waals surface area contributed by atoms with Gasteiger partial charge in [-0.15, -0.1) is 0 Å². The molecule has 0 aliphatic rings. The topological polar surface area (TPSA) is 44.5 Å². The van der Waals surface area contributed by atoms with Crippen molar-refractivity contribution in [1.29, 1.82) is 0 Å². The van der Waals surface area contributed by atoms with Crippen molar-refractivity contribution in [1.82, 2.24) is 0 Å². The van der Waals surface area contributed by atoms with Gasteiger partial charge in [-0.1, -0.05) is 38.1 Å². The third kappa shape index (κ3) is 5.29. The normalized spacial score (nSPS) is 12.2. The molecule has 2 aromatic carbocycles. The molecule has 0 amide bonds. The number of ether oxygens (including phenoxy) is 2. The summed E-state index contributed by atoms with van der Waals surface area (Å²) >= 11 is 0. The van der Waals surface area contributed by atoms with Crippen LogP contribution in [0.2, 0.25) is 0 Å². The first kappa shape index (κ1) is 17.4. The van der Waals surface area contributed by atoms with Crippen LogP contribution in [-0.2, 0) is 6.42 Å². The van der Waals surface area contributed by atoms with Crippen molar-refractivity contribution < 1.29 is 9.47 Å². The summed E-state index contributed by atoms with van der Waals surface area (Å²) in [6.45, 7) is 5.64. The standard InChI is InChI=1S/C20H27NO2/c1-15(2)14-23-20-9-4-6-16(11-20)10-18(13-21)17-7-5-8-19(12-17)22-3/h4-9,11-12,15,18H,10,13-14,21H2,1-3H3. The van der Waals surface area contributed by atoms with E-state index in [1.807, 2.05) is 24.3 Å². The average Bonchev–Trinajstić information content (AvgIpc) is 2.58. The SMILES string of the molecule is COc1cccc(C(CN)Cc2cccc(OCC(C)C)c2)c1. The van der Waals surface area contributed by atoms with E-state index in [-0.39, 0.29) is 5.92 Å². The molecule has 0 saturated carbocycles. The first-order valence-corrected chi connectivity index (χ1v) is 8.18. The van der Waals surface area contributed by atoms with Crippen molar-refractivity contribution in [3.8, 4) is 11.5 Å². The first-order valence-electron chi connectivity index (χ1n) is 8.18. The minimum Gasteiger partial charge on any atom is -0.497 e. The molecule has 0 fully saturated rings. The summed E-state index contributed by atoms with van der Waals surface area (Å²) in [4.78, 5) is 0. The van der Waals surface area contributed by atoms with Gasteiger partial charge >= 0.3 is 0 Å². The van der Waals surface area contributed by atoms with Crippen LogP contribution in [0.1, 0.15) is 30.9 Å². The Kier molecular flexibility index (Phi) is 6.48. The Balaban J connectivity index is 2.10. The third-order valence-corrected chi connectivity index (χ3v) is 3.81. The van der Waals surface area contributed by atoms with Crippen LogP contribution < -0.4 is 15.2 Å². The average molecular weight is 313 g/mol. The molecule has 23 heavy (non-hydrogen) atoms. The Hall–Kier alpha value is -2.00. The van der Waals surface area contributed by atoms with E-state index in [2.05, 4.69) is 38.1 Å². The molecule has 0 spiro atoms. The lowest BCUT2D eigenvalue weighted by molar-refractivity contribution is 0.271. The molecule has 124 valence electrons. The van der Waals surface area contributed by atoms with Crippen LogP contribution in [0.3, 0.4) is 0 Å². The van der Waals surface area contributed by atoms with Crippen molar-refractivity contribution in [3.63, 3.8) is 0 Å². The van der Waals surface area contributed by atoms with Crippen molar-refractivity contribution in [2.45, 2.75) is 26.2 Å². The van der Waals surface area contributed by atoms with Crippen LogP contribution in [-0.4, -0.2) is 20.3 Å². The molecule has 2 rings (SSSR count). The summed E-state index contributed by atoms with van der Waals surface area (Å²) in [6, 6.07) is 16.4. The minimum absolute atomic E-state index is 0.269. The van der Waals surface area contributed by atoms with Gasteiger partial charge in [0.2, 0.25) is 0 Å². The Morgan fingerprint density at radius 1 is 1.00 bits per heavy atom. The molecule has 0 saturated heterocycles. The molecular weight excluding hydrogens is 286 g/mol. The second-order valence-corrected chi connectivity index (χ2v) is 6.27. The van der Waals surface area contributed by atoms with Gasteiger partial charge < -0.3 is 15.2 Å². The van der Waals surface area contributed by atoms with Gasteiger partial charge in [0.05, 0.1) is 13.7 Å². The number of benzene rings is 2. The second kappa shape index (κ2) is 8.59. The van der Waals surface area contributed by atoms with Gasteiger partial charge in [0.15, 0.2) is 0 Å². The van der Waals surface area contributed by atoms with Gasteiger partial charge in [0.25, 0.3) is 0 Å². The van der Waals surface area contributed by atoms with Crippen molar-refractivity contribution >= 4 is 0 Å². The fourth-order valence-corrected chi connectivity index (χ4v) is 2.54. The lowest BCUT2D eigenvalue weighted by atomic mass is 9.92. The first-order chi connectivity index (χ1) is 11.1. The maximum atomic E-state index is 6.01. The summed E-state index contributed by atoms with van der Waals surface area (Å²) < 4.78 is 11.1. The summed E-state index contributed by atoms with van der Waals surface area (Å²) in [5, 5.41) is 0. The molecule has 2 aromatic rings. The number of hydrogen-bond acceptors (Lipinski definition) is 3. The van der Waals surface area contributed by atoms with Crippen LogP contribution >= 0.6 is 0 Å². The Morgan fingerprint density at radius 3 is 2.43 bits per heavy atom. The second-order valence-electron chi connectivity index (χ2n) is 6.27. The molecule has 1 unspecified atom stereocenters. The van der Waals surface area contributed by atoms with Crippen molar-refractivity contribution in [2.24, 2.45) is 11.7 Å². The predicted octanol–water partition coefficient (Wildman–Crippen LogP) is 4.02. The lowest BCUT2D eigenvalue weighted by Gasteiger charge is -2.17. The highest BCUT2D eigenvalue weighted by Gasteiger charge is 2.12. The third-order valence-electron chi connectivity index (χ3n) is 3.81. The molecule has 0 radical (unpaired) electrons. The number of rotatable bonds is 8. The number of nitrogens with two attached hydrogens (primary N) is 1. The Bertz CT molecular complexity index is 610. The quantitative estimate of drug-likeness (QED) is 0.800. The van der Waals surface area contributed by atoms with E-state index in [9.17, 15) is 0 Å². The highest BCUT2D eigenvalue weighted by atomic mass is 16.5. The van der Waals surface area contributed by atoms with Gasteiger partial charge in [0, 0.05) is 5.92 Å². The van der Waals surface area contributed by atoms with E-state index in [1.54, 1.807) is 7.11 Å². The zero-order valence-corrected chi connectivity index (χ0v) is 14.3. The highest BCUT2D eigenvalue weighted by Crippen LogP contribution is 2.25. The van der Waals surface area contributed by atoms with Gasteiger partial charge in [-0.05, 0) is 54.3 Å². The van der Waals surface area contributed by atoms with Gasteiger partial charge in [-0.2, -0.15) is 0 Å². The molecule has 0 heterocycles. The monoisotopic (exact) mass is 313 g/mol. The zero-order chi connectivity index (χ0) is 16.7. The molecule has 2 N–H and O–H groups in total. The minimum atomic E-state index is 0.269. The van der Waals surface area contributed by atoms with Gasteiger partial charge in [-0.25, -0.2) is 0 Å². The summed E-state index contributed by atoms with van der Waals surface area (Å²) in [5.41, 5.74) is 8.46. The number of hydrogen-bond donors (Lipinski definition) is 1. The van der Waals surface area contributed by atoms with E-state index in [0.29, 0.717) is 12.5 Å². The van der Waals surface area contributed by atoms with Gasteiger partial charge in [0.1, 0.15) is 11.5 Å². The maximum absolute atomic E-state index is 6.01. The number of methoxy groups -OCH3 is 1. The van der Waals surface area contributed by atoms with Crippen LogP contribution in [0.15, 0.2) is 48.5 Å². The maximum Gasteiger partial charge on any atom is 0.119 e. The fraction of sp³-hybridized carbons (Fsp3) is 0.400. The highest BCUT2D eigenvalue weighted by molar-refractivity contribution is 5.34. The lowest BCUT2D eigenvalue weighted by Crippen LogP contribution is -2.15. The van der Waals surface area contributed by atoms with E-state index < -0.39 is 0 Å².